The van der Waals surface area contributed by atoms with Gasteiger partial charge in [-0.25, -0.2) is 4.39 Å². The van der Waals surface area contributed by atoms with Crippen LogP contribution in [0, 0.1) is 5.82 Å². The summed E-state index contributed by atoms with van der Waals surface area (Å²) in [6.45, 7) is 0. The van der Waals surface area contributed by atoms with Crippen molar-refractivity contribution >= 4 is 40.0 Å². The first kappa shape index (κ1) is 10.6. The Morgan fingerprint density at radius 2 is 1.77 bits per heavy atom. The summed E-state index contributed by atoms with van der Waals surface area (Å²) in [7, 11) is 0. The Hall–Kier alpha value is -0.510. The minimum absolute atomic E-state index is 0.00667. The van der Waals surface area contributed by atoms with Gasteiger partial charge in [0.1, 0.15) is 5.82 Å². The SMILES string of the molecule is O/N=C(\Cl)c1c(Cl)cc(F)cc1Cl. The zero-order valence-electron chi connectivity index (χ0n) is 6.06. The Kier molecular flexibility index (Phi) is 3.36. The highest BCUT2D eigenvalue weighted by Gasteiger charge is 2.12. The van der Waals surface area contributed by atoms with E-state index in [1.807, 2.05) is 0 Å². The molecule has 0 fully saturated rings. The van der Waals surface area contributed by atoms with Crippen molar-refractivity contribution in [2.75, 3.05) is 0 Å². The number of oxime groups is 1. The van der Waals surface area contributed by atoms with Crippen LogP contribution in [-0.4, -0.2) is 10.4 Å². The summed E-state index contributed by atoms with van der Waals surface area (Å²) < 4.78 is 12.7. The maximum absolute atomic E-state index is 12.7. The molecule has 1 rings (SSSR count). The molecule has 0 aliphatic carbocycles. The van der Waals surface area contributed by atoms with Crippen LogP contribution in [0.15, 0.2) is 17.3 Å². The largest absolute Gasteiger partial charge is 0.410 e. The molecule has 0 saturated carbocycles. The van der Waals surface area contributed by atoms with E-state index in [1.54, 1.807) is 0 Å². The summed E-state index contributed by atoms with van der Waals surface area (Å²) in [6.07, 6.45) is 0. The normalized spacial score (nSPS) is 11.8. The molecule has 0 spiro atoms. The van der Waals surface area contributed by atoms with E-state index in [-0.39, 0.29) is 20.8 Å². The average Bonchev–Trinajstić information content (AvgIpc) is 2.02. The van der Waals surface area contributed by atoms with E-state index < -0.39 is 5.82 Å². The summed E-state index contributed by atoms with van der Waals surface area (Å²) in [6, 6.07) is 2.05. The third-order valence-electron chi connectivity index (χ3n) is 1.30. The number of rotatable bonds is 1. The zero-order valence-corrected chi connectivity index (χ0v) is 8.33. The molecular formula is C7H3Cl3FNO. The van der Waals surface area contributed by atoms with Crippen molar-refractivity contribution in [3.63, 3.8) is 0 Å². The van der Waals surface area contributed by atoms with Gasteiger partial charge in [-0.2, -0.15) is 0 Å². The number of halogens is 4. The highest BCUT2D eigenvalue weighted by atomic mass is 35.5. The minimum atomic E-state index is -0.582. The zero-order chi connectivity index (χ0) is 10.0. The summed E-state index contributed by atoms with van der Waals surface area (Å²) in [5.41, 5.74) is 0.105. The first-order chi connectivity index (χ1) is 6.06. The van der Waals surface area contributed by atoms with Crippen LogP contribution in [0.4, 0.5) is 4.39 Å². The fourth-order valence-corrected chi connectivity index (χ4v) is 1.73. The minimum Gasteiger partial charge on any atom is -0.410 e. The third-order valence-corrected chi connectivity index (χ3v) is 2.16. The van der Waals surface area contributed by atoms with Crippen LogP contribution in [0.5, 0.6) is 0 Å². The first-order valence-electron chi connectivity index (χ1n) is 3.08. The van der Waals surface area contributed by atoms with E-state index >= 15 is 0 Å². The molecule has 13 heavy (non-hydrogen) atoms. The summed E-state index contributed by atoms with van der Waals surface area (Å²) in [5, 5.41) is 10.8. The molecule has 0 saturated heterocycles. The highest BCUT2D eigenvalue weighted by Crippen LogP contribution is 2.27. The fraction of sp³-hybridized carbons (Fsp3) is 0. The maximum Gasteiger partial charge on any atom is 0.178 e. The van der Waals surface area contributed by atoms with E-state index in [4.69, 9.17) is 40.0 Å². The molecule has 0 atom stereocenters. The lowest BCUT2D eigenvalue weighted by atomic mass is 10.2. The van der Waals surface area contributed by atoms with Crippen molar-refractivity contribution in [1.82, 2.24) is 0 Å². The average molecular weight is 242 g/mol. The van der Waals surface area contributed by atoms with Gasteiger partial charge in [-0.05, 0) is 12.1 Å². The van der Waals surface area contributed by atoms with Crippen molar-refractivity contribution in [1.29, 1.82) is 0 Å². The first-order valence-corrected chi connectivity index (χ1v) is 4.22. The highest BCUT2D eigenvalue weighted by molar-refractivity contribution is 6.71. The molecule has 0 aliphatic heterocycles. The second-order valence-corrected chi connectivity index (χ2v) is 3.31. The Balaban J connectivity index is 3.37. The van der Waals surface area contributed by atoms with Gasteiger partial charge in [0, 0.05) is 0 Å². The number of nitrogens with zero attached hydrogens (tertiary/aromatic N) is 1. The van der Waals surface area contributed by atoms with E-state index in [0.717, 1.165) is 12.1 Å². The van der Waals surface area contributed by atoms with Crippen molar-refractivity contribution in [3.8, 4) is 0 Å². The second kappa shape index (κ2) is 4.13. The molecule has 70 valence electrons. The quantitative estimate of drug-likeness (QED) is 0.456. The molecule has 0 amide bonds. The van der Waals surface area contributed by atoms with Crippen LogP contribution in [0.3, 0.4) is 0 Å². The number of hydrogen-bond donors (Lipinski definition) is 1. The molecule has 0 bridgehead atoms. The van der Waals surface area contributed by atoms with Crippen LogP contribution in [0.1, 0.15) is 5.56 Å². The maximum atomic E-state index is 12.7. The molecule has 0 unspecified atom stereocenters. The van der Waals surface area contributed by atoms with Crippen LogP contribution >= 0.6 is 34.8 Å². The van der Waals surface area contributed by atoms with Gasteiger partial charge in [0.25, 0.3) is 0 Å². The summed E-state index contributed by atoms with van der Waals surface area (Å²) in [5.74, 6) is -0.582. The van der Waals surface area contributed by atoms with Crippen LogP contribution < -0.4 is 0 Å². The Morgan fingerprint density at radius 3 is 2.15 bits per heavy atom. The van der Waals surface area contributed by atoms with E-state index in [0.29, 0.717) is 0 Å². The third kappa shape index (κ3) is 2.24. The molecule has 2 nitrogen and oxygen atoms in total. The van der Waals surface area contributed by atoms with Crippen LogP contribution in [-0.2, 0) is 0 Å². The number of hydrogen-bond acceptors (Lipinski definition) is 2. The molecule has 0 radical (unpaired) electrons. The predicted octanol–water partition coefficient (Wildman–Crippen LogP) is 3.51. The van der Waals surface area contributed by atoms with Gasteiger partial charge in [-0.1, -0.05) is 40.0 Å². The Labute approximate surface area is 88.5 Å². The topological polar surface area (TPSA) is 32.6 Å². The molecule has 0 heterocycles. The van der Waals surface area contributed by atoms with Gasteiger partial charge < -0.3 is 5.21 Å². The lowest BCUT2D eigenvalue weighted by molar-refractivity contribution is 0.321. The lowest BCUT2D eigenvalue weighted by Gasteiger charge is -2.03. The molecule has 0 aliphatic rings. The number of benzene rings is 1. The van der Waals surface area contributed by atoms with Gasteiger partial charge in [0.2, 0.25) is 0 Å². The molecular weight excluding hydrogens is 239 g/mol. The van der Waals surface area contributed by atoms with Crippen molar-refractivity contribution in [3.05, 3.63) is 33.6 Å². The van der Waals surface area contributed by atoms with Gasteiger partial charge in [-0.15, -0.1) is 0 Å². The smallest absolute Gasteiger partial charge is 0.178 e. The monoisotopic (exact) mass is 241 g/mol. The van der Waals surface area contributed by atoms with Crippen LogP contribution in [0.25, 0.3) is 0 Å². The lowest BCUT2D eigenvalue weighted by Crippen LogP contribution is -1.95. The summed E-state index contributed by atoms with van der Waals surface area (Å²) >= 11 is 16.7. The fourth-order valence-electron chi connectivity index (χ4n) is 0.789. The molecule has 1 aromatic carbocycles. The molecule has 1 aromatic rings. The van der Waals surface area contributed by atoms with E-state index in [1.165, 1.54) is 0 Å². The van der Waals surface area contributed by atoms with E-state index in [2.05, 4.69) is 5.16 Å². The predicted molar refractivity (Wildman–Crippen MR) is 50.6 cm³/mol. The van der Waals surface area contributed by atoms with Gasteiger partial charge in [0.15, 0.2) is 5.17 Å². The second-order valence-electron chi connectivity index (χ2n) is 2.14. The van der Waals surface area contributed by atoms with E-state index in [9.17, 15) is 4.39 Å². The van der Waals surface area contributed by atoms with Gasteiger partial charge in [-0.3, -0.25) is 0 Å². The molecule has 0 aromatic heterocycles. The van der Waals surface area contributed by atoms with Crippen molar-refractivity contribution in [2.24, 2.45) is 5.16 Å². The molecule has 1 N–H and O–H groups in total. The van der Waals surface area contributed by atoms with Crippen LogP contribution in [0.2, 0.25) is 10.0 Å². The summed E-state index contributed by atoms with van der Waals surface area (Å²) in [4.78, 5) is 0. The standard InChI is InChI=1S/C7H3Cl3FNO/c8-4-1-3(11)2-5(9)6(4)7(10)12-13/h1-2,13H/b12-7-. The Morgan fingerprint density at radius 1 is 1.31 bits per heavy atom. The Bertz CT molecular complexity index is 344. The van der Waals surface area contributed by atoms with Crippen molar-refractivity contribution < 1.29 is 9.60 Å². The molecule has 6 heteroatoms. The van der Waals surface area contributed by atoms with Crippen molar-refractivity contribution in [2.45, 2.75) is 0 Å². The van der Waals surface area contributed by atoms with Gasteiger partial charge in [0.05, 0.1) is 15.6 Å². The van der Waals surface area contributed by atoms with Gasteiger partial charge >= 0.3 is 0 Å².